The van der Waals surface area contributed by atoms with Gasteiger partial charge in [-0.25, -0.2) is 9.48 Å². The zero-order valence-corrected chi connectivity index (χ0v) is 16.7. The van der Waals surface area contributed by atoms with Crippen LogP contribution in [-0.4, -0.2) is 29.7 Å². The molecule has 7 nitrogen and oxygen atoms in total. The third-order valence-corrected chi connectivity index (χ3v) is 5.69. The van der Waals surface area contributed by atoms with Crippen molar-refractivity contribution in [1.82, 2.24) is 14.3 Å². The van der Waals surface area contributed by atoms with Gasteiger partial charge in [-0.3, -0.25) is 8.78 Å². The molecule has 0 aliphatic carbocycles. The lowest BCUT2D eigenvalue weighted by atomic mass is 10.1. The Hall–Kier alpha value is -2.47. The average Bonchev–Trinajstić information content (AvgIpc) is 3.28. The molecule has 0 radical (unpaired) electrons. The van der Waals surface area contributed by atoms with Gasteiger partial charge >= 0.3 is 5.69 Å². The lowest BCUT2D eigenvalue weighted by molar-refractivity contribution is 0.400. The predicted molar refractivity (Wildman–Crippen MR) is 106 cm³/mol. The van der Waals surface area contributed by atoms with E-state index >= 15 is 0 Å². The van der Waals surface area contributed by atoms with E-state index in [4.69, 9.17) is 5.73 Å². The van der Waals surface area contributed by atoms with Crippen LogP contribution < -0.4 is 11.4 Å². The molecular weight excluding hydrogens is 422 g/mol. The highest BCUT2D eigenvalue weighted by atomic mass is 32.2. The fourth-order valence-corrected chi connectivity index (χ4v) is 4.04. The molecule has 0 spiro atoms. The second kappa shape index (κ2) is 9.35. The summed E-state index contributed by atoms with van der Waals surface area (Å²) in [5, 5.41) is 5.81. The van der Waals surface area contributed by atoms with Crippen molar-refractivity contribution in [3.05, 3.63) is 74.6 Å². The Kier molecular flexibility index (Phi) is 6.85. The fraction of sp³-hybridized carbons (Fsp3) is 0.222. The number of benzene rings is 1. The smallest absolute Gasteiger partial charge is 0.346 e. The van der Waals surface area contributed by atoms with Gasteiger partial charge in [-0.1, -0.05) is 35.3 Å². The first-order chi connectivity index (χ1) is 13.9. The molecule has 0 aliphatic heterocycles. The molecule has 0 saturated carbocycles. The van der Waals surface area contributed by atoms with Gasteiger partial charge in [0.05, 0.1) is 13.1 Å². The van der Waals surface area contributed by atoms with Crippen LogP contribution in [0.2, 0.25) is 0 Å². The average molecular weight is 439 g/mol. The van der Waals surface area contributed by atoms with Crippen molar-refractivity contribution in [2.24, 2.45) is 5.73 Å². The molecule has 0 bridgehead atoms. The van der Waals surface area contributed by atoms with Gasteiger partial charge in [0.25, 0.3) is 6.08 Å². The number of rotatable bonds is 8. The monoisotopic (exact) mass is 439 g/mol. The van der Waals surface area contributed by atoms with Gasteiger partial charge in [0, 0.05) is 22.7 Å². The van der Waals surface area contributed by atoms with Crippen molar-refractivity contribution in [2.75, 3.05) is 6.54 Å². The van der Waals surface area contributed by atoms with Crippen LogP contribution in [0, 0.1) is 0 Å². The Labute approximate surface area is 171 Å². The van der Waals surface area contributed by atoms with E-state index < -0.39 is 22.9 Å². The summed E-state index contributed by atoms with van der Waals surface area (Å²) >= 11 is -0.683. The molecule has 1 atom stereocenters. The standard InChI is InChI=1S/C18H18F2N4O3S2/c19-17(20)15(6-21)7-24-18(25)23(11-22-24)8-16-5-14(9-28-16)13-3-1-12(2-4-13)10-29(26)27/h1-5,9,11H,6-8,10,21H2,(H,26,27)/p-1. The highest BCUT2D eigenvalue weighted by Gasteiger charge is 2.12. The quantitative estimate of drug-likeness (QED) is 0.542. The maximum absolute atomic E-state index is 12.7. The molecule has 2 aromatic heterocycles. The minimum absolute atomic E-state index is 0.0323. The molecule has 29 heavy (non-hydrogen) atoms. The van der Waals surface area contributed by atoms with Crippen molar-refractivity contribution in [1.29, 1.82) is 0 Å². The first-order valence-electron chi connectivity index (χ1n) is 8.45. The highest BCUT2D eigenvalue weighted by Crippen LogP contribution is 2.26. The number of hydrogen-bond donors (Lipinski definition) is 1. The summed E-state index contributed by atoms with van der Waals surface area (Å²) in [6.45, 7) is -0.434. The molecule has 2 N–H and O–H groups in total. The van der Waals surface area contributed by atoms with Crippen molar-refractivity contribution < 1.29 is 17.5 Å². The van der Waals surface area contributed by atoms with Gasteiger partial charge < -0.3 is 10.3 Å². The van der Waals surface area contributed by atoms with Gasteiger partial charge in [-0.2, -0.15) is 13.9 Å². The molecule has 3 rings (SSSR count). The minimum atomic E-state index is -2.13. The van der Waals surface area contributed by atoms with Gasteiger partial charge in [-0.15, -0.1) is 11.3 Å². The van der Waals surface area contributed by atoms with E-state index in [0.29, 0.717) is 5.56 Å². The molecule has 0 aliphatic rings. The zero-order valence-electron chi connectivity index (χ0n) is 15.1. The Morgan fingerprint density at radius 2 is 1.97 bits per heavy atom. The topological polar surface area (TPSA) is 106 Å². The number of nitrogens with zero attached hydrogens (tertiary/aromatic N) is 3. The molecule has 154 valence electrons. The van der Waals surface area contributed by atoms with Crippen molar-refractivity contribution in [3.63, 3.8) is 0 Å². The van der Waals surface area contributed by atoms with E-state index in [2.05, 4.69) is 5.10 Å². The van der Waals surface area contributed by atoms with Crippen LogP contribution in [0.5, 0.6) is 0 Å². The van der Waals surface area contributed by atoms with Gasteiger partial charge in [0.2, 0.25) is 0 Å². The summed E-state index contributed by atoms with van der Waals surface area (Å²) in [6, 6.07) is 9.10. The molecule has 0 amide bonds. The van der Waals surface area contributed by atoms with Crippen LogP contribution in [0.15, 0.2) is 58.5 Å². The van der Waals surface area contributed by atoms with E-state index in [1.807, 2.05) is 23.6 Å². The van der Waals surface area contributed by atoms with Crippen molar-refractivity contribution >= 4 is 22.4 Å². The van der Waals surface area contributed by atoms with Crippen molar-refractivity contribution in [2.45, 2.75) is 18.8 Å². The second-order valence-electron chi connectivity index (χ2n) is 6.21. The number of aromatic nitrogens is 3. The molecular formula is C18H17F2N4O3S2-. The SMILES string of the molecule is NCC(Cn1ncn(Cc2cc(-c3ccc(CS(=O)[O-])cc3)cs2)c1=O)=C(F)F. The summed E-state index contributed by atoms with van der Waals surface area (Å²) < 4.78 is 49.3. The maximum atomic E-state index is 12.7. The van der Waals surface area contributed by atoms with E-state index in [1.165, 1.54) is 22.2 Å². The lowest BCUT2D eigenvalue weighted by Crippen LogP contribution is -2.27. The van der Waals surface area contributed by atoms with Crippen LogP contribution in [0.1, 0.15) is 10.4 Å². The molecule has 11 heteroatoms. The third-order valence-electron chi connectivity index (χ3n) is 4.20. The summed E-state index contributed by atoms with van der Waals surface area (Å²) in [5.74, 6) is -0.0323. The van der Waals surface area contributed by atoms with Crippen LogP contribution in [0.4, 0.5) is 8.78 Å². The summed E-state index contributed by atoms with van der Waals surface area (Å²) in [7, 11) is 0. The van der Waals surface area contributed by atoms with Crippen LogP contribution in [0.3, 0.4) is 0 Å². The third kappa shape index (κ3) is 5.32. The van der Waals surface area contributed by atoms with Crippen LogP contribution in [-0.2, 0) is 29.9 Å². The van der Waals surface area contributed by atoms with E-state index in [1.54, 1.807) is 12.1 Å². The van der Waals surface area contributed by atoms with E-state index in [-0.39, 0.29) is 31.0 Å². The van der Waals surface area contributed by atoms with Crippen LogP contribution in [0.25, 0.3) is 11.1 Å². The lowest BCUT2D eigenvalue weighted by Gasteiger charge is -2.05. The summed E-state index contributed by atoms with van der Waals surface area (Å²) in [5.41, 5.74) is 7.01. The van der Waals surface area contributed by atoms with Gasteiger partial charge in [0.15, 0.2) is 0 Å². The Morgan fingerprint density at radius 1 is 1.24 bits per heavy atom. The second-order valence-corrected chi connectivity index (χ2v) is 8.11. The highest BCUT2D eigenvalue weighted by molar-refractivity contribution is 7.78. The van der Waals surface area contributed by atoms with E-state index in [0.717, 1.165) is 20.7 Å². The Balaban J connectivity index is 1.73. The molecule has 0 saturated heterocycles. The minimum Gasteiger partial charge on any atom is -0.772 e. The number of hydrogen-bond acceptors (Lipinski definition) is 6. The maximum Gasteiger partial charge on any atom is 0.346 e. The number of nitrogens with two attached hydrogens (primary N) is 1. The van der Waals surface area contributed by atoms with Crippen LogP contribution >= 0.6 is 11.3 Å². The predicted octanol–water partition coefficient (Wildman–Crippen LogP) is 2.31. The van der Waals surface area contributed by atoms with Gasteiger partial charge in [0.1, 0.15) is 6.33 Å². The zero-order chi connectivity index (χ0) is 21.0. The van der Waals surface area contributed by atoms with Crippen molar-refractivity contribution in [3.8, 4) is 11.1 Å². The van der Waals surface area contributed by atoms with E-state index in [9.17, 15) is 22.3 Å². The first kappa shape index (κ1) is 21.2. The largest absolute Gasteiger partial charge is 0.772 e. The first-order valence-corrected chi connectivity index (χ1v) is 10.6. The summed E-state index contributed by atoms with van der Waals surface area (Å²) in [6.07, 6.45) is -0.589. The fourth-order valence-electron chi connectivity index (χ4n) is 2.68. The van der Waals surface area contributed by atoms with Gasteiger partial charge in [-0.05, 0) is 28.1 Å². The Bertz CT molecular complexity index is 1100. The molecule has 3 aromatic rings. The number of halogens is 2. The molecule has 2 heterocycles. The Morgan fingerprint density at radius 3 is 2.59 bits per heavy atom. The molecule has 1 aromatic carbocycles. The molecule has 1 unspecified atom stereocenters. The summed E-state index contributed by atoms with van der Waals surface area (Å²) in [4.78, 5) is 13.2. The molecule has 0 fully saturated rings. The number of thiophene rings is 1. The normalized spacial score (nSPS) is 12.1.